The minimum absolute atomic E-state index is 0.308. The summed E-state index contributed by atoms with van der Waals surface area (Å²) in [5.41, 5.74) is 2.52. The Balaban J connectivity index is 1.63. The van der Waals surface area contributed by atoms with Gasteiger partial charge in [-0.15, -0.1) is 0 Å². The quantitative estimate of drug-likeness (QED) is 0.756. The van der Waals surface area contributed by atoms with Gasteiger partial charge in [-0.05, 0) is 24.3 Å². The normalized spacial score (nSPS) is 10.4. The molecular formula is C17H18N4O3. The average molecular weight is 326 g/mol. The molecular weight excluding hydrogens is 308 g/mol. The third-order valence-electron chi connectivity index (χ3n) is 3.59. The van der Waals surface area contributed by atoms with E-state index < -0.39 is 0 Å². The predicted octanol–water partition coefficient (Wildman–Crippen LogP) is 2.67. The fraction of sp³-hybridized carbons (Fsp3) is 0.176. The minimum atomic E-state index is -0.308. The van der Waals surface area contributed by atoms with E-state index in [1.807, 2.05) is 24.4 Å². The number of amides is 2. The molecule has 7 heteroatoms. The number of methoxy groups -OCH3 is 2. The van der Waals surface area contributed by atoms with Crippen LogP contribution in [0.2, 0.25) is 0 Å². The van der Waals surface area contributed by atoms with Gasteiger partial charge >= 0.3 is 6.03 Å². The number of anilines is 1. The molecule has 0 radical (unpaired) electrons. The van der Waals surface area contributed by atoms with Gasteiger partial charge in [-0.3, -0.25) is 0 Å². The van der Waals surface area contributed by atoms with Crippen molar-refractivity contribution >= 4 is 17.2 Å². The summed E-state index contributed by atoms with van der Waals surface area (Å²) in [7, 11) is 3.11. The maximum atomic E-state index is 12.1. The molecule has 1 aromatic carbocycles. The molecule has 0 fully saturated rings. The second kappa shape index (κ2) is 6.91. The molecule has 0 atom stereocenters. The Bertz CT molecular complexity index is 860. The average Bonchev–Trinajstić information content (AvgIpc) is 3.03. The van der Waals surface area contributed by atoms with E-state index in [1.54, 1.807) is 43.1 Å². The number of hydrogen-bond acceptors (Lipinski definition) is 4. The molecule has 3 rings (SSSR count). The number of urea groups is 1. The van der Waals surface area contributed by atoms with E-state index in [0.717, 1.165) is 11.1 Å². The van der Waals surface area contributed by atoms with E-state index in [4.69, 9.17) is 9.47 Å². The zero-order valence-electron chi connectivity index (χ0n) is 13.4. The Labute approximate surface area is 139 Å². The van der Waals surface area contributed by atoms with Gasteiger partial charge in [0, 0.05) is 30.1 Å². The number of nitrogens with one attached hydrogen (secondary N) is 2. The number of hydrogen-bond donors (Lipinski definition) is 2. The largest absolute Gasteiger partial charge is 0.493 e. The smallest absolute Gasteiger partial charge is 0.319 e. The van der Waals surface area contributed by atoms with Gasteiger partial charge in [-0.2, -0.15) is 5.10 Å². The van der Waals surface area contributed by atoms with Gasteiger partial charge < -0.3 is 20.1 Å². The monoisotopic (exact) mass is 326 g/mol. The number of fused-ring (bicyclic) bond motifs is 1. The Morgan fingerprint density at radius 3 is 2.79 bits per heavy atom. The van der Waals surface area contributed by atoms with Crippen molar-refractivity contribution in [3.05, 3.63) is 54.4 Å². The molecule has 7 nitrogen and oxygen atoms in total. The number of carbonyl (C=O) groups is 1. The molecule has 2 aromatic heterocycles. The molecule has 0 aliphatic carbocycles. The van der Waals surface area contributed by atoms with Crippen LogP contribution < -0.4 is 20.1 Å². The van der Waals surface area contributed by atoms with Crippen molar-refractivity contribution in [3.63, 3.8) is 0 Å². The Morgan fingerprint density at radius 1 is 1.17 bits per heavy atom. The Hall–Kier alpha value is -3.22. The van der Waals surface area contributed by atoms with Crippen LogP contribution in [-0.4, -0.2) is 29.9 Å². The van der Waals surface area contributed by atoms with Crippen molar-refractivity contribution < 1.29 is 14.3 Å². The molecule has 0 aliphatic rings. The van der Waals surface area contributed by atoms with Crippen LogP contribution in [0.15, 0.2) is 48.8 Å². The Morgan fingerprint density at radius 2 is 2.00 bits per heavy atom. The van der Waals surface area contributed by atoms with Crippen LogP contribution in [0.4, 0.5) is 10.5 Å². The molecule has 0 saturated carbocycles. The predicted molar refractivity (Wildman–Crippen MR) is 90.6 cm³/mol. The fourth-order valence-corrected chi connectivity index (χ4v) is 2.39. The van der Waals surface area contributed by atoms with Crippen molar-refractivity contribution in [3.8, 4) is 11.5 Å². The van der Waals surface area contributed by atoms with Crippen molar-refractivity contribution in [1.82, 2.24) is 14.9 Å². The third kappa shape index (κ3) is 3.24. The highest BCUT2D eigenvalue weighted by atomic mass is 16.5. The van der Waals surface area contributed by atoms with Crippen LogP contribution in [0.3, 0.4) is 0 Å². The molecule has 2 N–H and O–H groups in total. The summed E-state index contributed by atoms with van der Waals surface area (Å²) < 4.78 is 12.2. The molecule has 3 aromatic rings. The molecule has 24 heavy (non-hydrogen) atoms. The summed E-state index contributed by atoms with van der Waals surface area (Å²) in [6.07, 6.45) is 3.61. The zero-order valence-corrected chi connectivity index (χ0v) is 13.4. The van der Waals surface area contributed by atoms with Crippen LogP contribution in [0.1, 0.15) is 5.56 Å². The first kappa shape index (κ1) is 15.7. The molecule has 124 valence electrons. The second-order valence-corrected chi connectivity index (χ2v) is 5.08. The summed E-state index contributed by atoms with van der Waals surface area (Å²) in [6, 6.07) is 10.7. The summed E-state index contributed by atoms with van der Waals surface area (Å²) >= 11 is 0. The summed E-state index contributed by atoms with van der Waals surface area (Å²) in [5.74, 6) is 1.16. The maximum Gasteiger partial charge on any atom is 0.319 e. The highest BCUT2D eigenvalue weighted by Gasteiger charge is 2.08. The SMILES string of the molecule is COc1ccc(NC(=O)NCc2cnn3ccccc23)cc1OC. The first-order valence-electron chi connectivity index (χ1n) is 7.39. The van der Waals surface area contributed by atoms with Gasteiger partial charge in [0.1, 0.15) is 0 Å². The van der Waals surface area contributed by atoms with Crippen molar-refractivity contribution in [2.75, 3.05) is 19.5 Å². The van der Waals surface area contributed by atoms with Gasteiger partial charge in [0.05, 0.1) is 25.9 Å². The van der Waals surface area contributed by atoms with Gasteiger partial charge in [0.2, 0.25) is 0 Å². The highest BCUT2D eigenvalue weighted by Crippen LogP contribution is 2.29. The first-order valence-corrected chi connectivity index (χ1v) is 7.39. The lowest BCUT2D eigenvalue weighted by molar-refractivity contribution is 0.252. The van der Waals surface area contributed by atoms with Crippen LogP contribution >= 0.6 is 0 Å². The molecule has 2 heterocycles. The lowest BCUT2D eigenvalue weighted by Gasteiger charge is -2.11. The van der Waals surface area contributed by atoms with E-state index >= 15 is 0 Å². The number of carbonyl (C=O) groups excluding carboxylic acids is 1. The summed E-state index contributed by atoms with van der Waals surface area (Å²) in [6.45, 7) is 0.382. The van der Waals surface area contributed by atoms with E-state index in [0.29, 0.717) is 23.7 Å². The Kier molecular flexibility index (Phi) is 4.51. The van der Waals surface area contributed by atoms with Crippen LogP contribution in [0.5, 0.6) is 11.5 Å². The molecule has 0 unspecified atom stereocenters. The van der Waals surface area contributed by atoms with Gasteiger partial charge in [-0.1, -0.05) is 6.07 Å². The lowest BCUT2D eigenvalue weighted by Crippen LogP contribution is -2.28. The van der Waals surface area contributed by atoms with Crippen molar-refractivity contribution in [2.45, 2.75) is 6.54 Å². The van der Waals surface area contributed by atoms with Crippen molar-refractivity contribution in [1.29, 1.82) is 0 Å². The molecule has 0 aliphatic heterocycles. The number of ether oxygens (including phenoxy) is 2. The summed E-state index contributed by atoms with van der Waals surface area (Å²) in [4.78, 5) is 12.1. The van der Waals surface area contributed by atoms with Crippen LogP contribution in [-0.2, 0) is 6.54 Å². The first-order chi connectivity index (χ1) is 11.7. The minimum Gasteiger partial charge on any atom is -0.493 e. The van der Waals surface area contributed by atoms with Crippen molar-refractivity contribution in [2.24, 2.45) is 0 Å². The van der Waals surface area contributed by atoms with Crippen LogP contribution in [0.25, 0.3) is 5.52 Å². The summed E-state index contributed by atoms with van der Waals surface area (Å²) in [5, 5.41) is 9.82. The number of rotatable bonds is 5. The fourth-order valence-electron chi connectivity index (χ4n) is 2.39. The van der Waals surface area contributed by atoms with E-state index in [-0.39, 0.29) is 6.03 Å². The number of pyridine rings is 1. The van der Waals surface area contributed by atoms with E-state index in [9.17, 15) is 4.79 Å². The second-order valence-electron chi connectivity index (χ2n) is 5.08. The van der Waals surface area contributed by atoms with E-state index in [1.165, 1.54) is 0 Å². The number of benzene rings is 1. The van der Waals surface area contributed by atoms with Gasteiger partial charge in [0.15, 0.2) is 11.5 Å². The number of aromatic nitrogens is 2. The molecule has 0 saturated heterocycles. The third-order valence-corrected chi connectivity index (χ3v) is 3.59. The van der Waals surface area contributed by atoms with Crippen LogP contribution in [0, 0.1) is 0 Å². The lowest BCUT2D eigenvalue weighted by atomic mass is 10.2. The molecule has 0 bridgehead atoms. The maximum absolute atomic E-state index is 12.1. The number of nitrogens with zero attached hydrogens (tertiary/aromatic N) is 2. The molecule has 2 amide bonds. The molecule has 0 spiro atoms. The topological polar surface area (TPSA) is 76.9 Å². The zero-order chi connectivity index (χ0) is 16.9. The standard InChI is InChI=1S/C17H18N4O3/c1-23-15-7-6-13(9-16(15)24-2)20-17(22)18-10-12-11-19-21-8-4-3-5-14(12)21/h3-9,11H,10H2,1-2H3,(H2,18,20,22). The van der Waals surface area contributed by atoms with Gasteiger partial charge in [-0.25, -0.2) is 9.31 Å². The van der Waals surface area contributed by atoms with Gasteiger partial charge in [0.25, 0.3) is 0 Å². The highest BCUT2D eigenvalue weighted by molar-refractivity contribution is 5.89. The van der Waals surface area contributed by atoms with E-state index in [2.05, 4.69) is 15.7 Å².